The number of amides is 1. The molecular weight excluding hydrogens is 409 g/mol. The molecule has 0 spiro atoms. The van der Waals surface area contributed by atoms with Gasteiger partial charge in [0.1, 0.15) is 5.82 Å². The van der Waals surface area contributed by atoms with E-state index >= 15 is 0 Å². The van der Waals surface area contributed by atoms with E-state index in [9.17, 15) is 9.18 Å². The zero-order chi connectivity index (χ0) is 22.2. The number of nitrogens with one attached hydrogen (secondary N) is 2. The maximum atomic E-state index is 14.2. The Kier molecular flexibility index (Phi) is 8.41. The van der Waals surface area contributed by atoms with Gasteiger partial charge in [0, 0.05) is 24.7 Å². The molecule has 0 bridgehead atoms. The summed E-state index contributed by atoms with van der Waals surface area (Å²) in [7, 11) is 0. The van der Waals surface area contributed by atoms with E-state index in [0.717, 1.165) is 18.4 Å². The summed E-state index contributed by atoms with van der Waals surface area (Å²) in [5, 5.41) is 6.68. The molecule has 1 saturated carbocycles. The molecule has 2 aromatic rings. The van der Waals surface area contributed by atoms with Crippen LogP contribution in [0.25, 0.3) is 0 Å². The standard InChI is InChI=1S/C25H32FN3OS/c1-18-9-8-14-23(19(18)2)28-24(30)15-27-25(31)29(16-20-10-4-3-5-11-20)17-21-12-6-7-13-22(21)26/h3-7,10-13,18-19,23H,8-9,14-17H2,1-2H3,(H,27,31)(H,28,30)/t18-,19+,23+/m1/s1. The van der Waals surface area contributed by atoms with Crippen LogP contribution in [0.15, 0.2) is 54.6 Å². The summed E-state index contributed by atoms with van der Waals surface area (Å²) < 4.78 is 14.2. The van der Waals surface area contributed by atoms with Crippen LogP contribution >= 0.6 is 12.2 Å². The SMILES string of the molecule is C[C@H]1[C@H](C)CCC[C@@H]1NC(=O)CNC(=S)N(Cc1ccccc1)Cc1ccccc1F. The molecule has 1 aliphatic carbocycles. The first-order chi connectivity index (χ1) is 14.9. The molecule has 2 aromatic carbocycles. The van der Waals surface area contributed by atoms with Crippen molar-refractivity contribution in [3.05, 3.63) is 71.5 Å². The highest BCUT2D eigenvalue weighted by molar-refractivity contribution is 7.80. The molecule has 31 heavy (non-hydrogen) atoms. The second-order valence-corrected chi connectivity index (χ2v) is 8.92. The van der Waals surface area contributed by atoms with Gasteiger partial charge in [0.25, 0.3) is 0 Å². The predicted molar refractivity (Wildman–Crippen MR) is 127 cm³/mol. The summed E-state index contributed by atoms with van der Waals surface area (Å²) in [4.78, 5) is 14.4. The Labute approximate surface area is 190 Å². The summed E-state index contributed by atoms with van der Waals surface area (Å²) in [6, 6.07) is 16.8. The number of carbonyl (C=O) groups excluding carboxylic acids is 1. The second kappa shape index (κ2) is 11.2. The summed E-state index contributed by atoms with van der Waals surface area (Å²) >= 11 is 5.59. The monoisotopic (exact) mass is 441 g/mol. The van der Waals surface area contributed by atoms with Gasteiger partial charge in [-0.3, -0.25) is 4.79 Å². The van der Waals surface area contributed by atoms with Crippen molar-refractivity contribution in [2.75, 3.05) is 6.54 Å². The molecule has 3 rings (SSSR count). The second-order valence-electron chi connectivity index (χ2n) is 8.53. The maximum absolute atomic E-state index is 14.2. The van der Waals surface area contributed by atoms with Crippen LogP contribution in [0.1, 0.15) is 44.2 Å². The Morgan fingerprint density at radius 1 is 1.06 bits per heavy atom. The van der Waals surface area contributed by atoms with Gasteiger partial charge in [0.05, 0.1) is 6.54 Å². The Balaban J connectivity index is 1.61. The molecule has 0 unspecified atom stereocenters. The molecule has 0 aromatic heterocycles. The third kappa shape index (κ3) is 6.76. The van der Waals surface area contributed by atoms with Gasteiger partial charge in [0.2, 0.25) is 5.91 Å². The van der Waals surface area contributed by atoms with Gasteiger partial charge in [-0.25, -0.2) is 4.39 Å². The fourth-order valence-corrected chi connectivity index (χ4v) is 4.35. The number of halogens is 1. The summed E-state index contributed by atoms with van der Waals surface area (Å²) in [5.74, 6) is 0.774. The zero-order valence-corrected chi connectivity index (χ0v) is 19.1. The number of hydrogen-bond acceptors (Lipinski definition) is 2. The van der Waals surface area contributed by atoms with Gasteiger partial charge in [-0.2, -0.15) is 0 Å². The molecule has 2 N–H and O–H groups in total. The van der Waals surface area contributed by atoms with Crippen LogP contribution in [0.3, 0.4) is 0 Å². The third-order valence-electron chi connectivity index (χ3n) is 6.28. The van der Waals surface area contributed by atoms with E-state index in [1.807, 2.05) is 41.3 Å². The lowest BCUT2D eigenvalue weighted by molar-refractivity contribution is -0.121. The molecule has 1 fully saturated rings. The van der Waals surface area contributed by atoms with Crippen molar-refractivity contribution >= 4 is 23.2 Å². The van der Waals surface area contributed by atoms with Gasteiger partial charge < -0.3 is 15.5 Å². The molecule has 1 amide bonds. The summed E-state index contributed by atoms with van der Waals surface area (Å²) in [6.07, 6.45) is 3.39. The Hall–Kier alpha value is -2.47. The van der Waals surface area contributed by atoms with Crippen molar-refractivity contribution < 1.29 is 9.18 Å². The highest BCUT2D eigenvalue weighted by atomic mass is 32.1. The molecule has 3 atom stereocenters. The summed E-state index contributed by atoms with van der Waals surface area (Å²) in [5.41, 5.74) is 1.63. The van der Waals surface area contributed by atoms with E-state index in [1.165, 1.54) is 12.5 Å². The minimum Gasteiger partial charge on any atom is -0.353 e. The highest BCUT2D eigenvalue weighted by Gasteiger charge is 2.28. The van der Waals surface area contributed by atoms with Crippen LogP contribution in [-0.4, -0.2) is 28.5 Å². The van der Waals surface area contributed by atoms with E-state index in [-0.39, 0.29) is 24.3 Å². The first-order valence-electron chi connectivity index (χ1n) is 11.0. The maximum Gasteiger partial charge on any atom is 0.239 e. The smallest absolute Gasteiger partial charge is 0.239 e. The van der Waals surface area contributed by atoms with Crippen LogP contribution in [0.5, 0.6) is 0 Å². The van der Waals surface area contributed by atoms with Crippen molar-refractivity contribution in [1.82, 2.24) is 15.5 Å². The molecule has 6 heteroatoms. The van der Waals surface area contributed by atoms with Crippen LogP contribution in [0, 0.1) is 17.7 Å². The van der Waals surface area contributed by atoms with Crippen molar-refractivity contribution in [2.45, 2.75) is 52.2 Å². The first kappa shape index (κ1) is 23.2. The molecule has 0 aliphatic heterocycles. The largest absolute Gasteiger partial charge is 0.353 e. The molecule has 0 heterocycles. The molecule has 1 aliphatic rings. The predicted octanol–water partition coefficient (Wildman–Crippen LogP) is 4.64. The van der Waals surface area contributed by atoms with Crippen molar-refractivity contribution in [3.8, 4) is 0 Å². The minimum absolute atomic E-state index is 0.0566. The van der Waals surface area contributed by atoms with E-state index in [2.05, 4.69) is 24.5 Å². The van der Waals surface area contributed by atoms with E-state index in [4.69, 9.17) is 12.2 Å². The number of hydrogen-bond donors (Lipinski definition) is 2. The lowest BCUT2D eigenvalue weighted by Crippen LogP contribution is -2.49. The average molecular weight is 442 g/mol. The Morgan fingerprint density at radius 2 is 1.77 bits per heavy atom. The van der Waals surface area contributed by atoms with Gasteiger partial charge in [0.15, 0.2) is 5.11 Å². The van der Waals surface area contributed by atoms with Gasteiger partial charge in [-0.05, 0) is 42.1 Å². The number of thiocarbonyl (C=S) groups is 1. The lowest BCUT2D eigenvalue weighted by atomic mass is 9.78. The van der Waals surface area contributed by atoms with Crippen molar-refractivity contribution in [2.24, 2.45) is 11.8 Å². The average Bonchev–Trinajstić information content (AvgIpc) is 2.77. The normalized spacial score (nSPS) is 20.7. The van der Waals surface area contributed by atoms with E-state index in [1.54, 1.807) is 12.1 Å². The number of rotatable bonds is 7. The van der Waals surface area contributed by atoms with Crippen LogP contribution in [-0.2, 0) is 17.9 Å². The van der Waals surface area contributed by atoms with E-state index < -0.39 is 0 Å². The minimum atomic E-state index is -0.262. The van der Waals surface area contributed by atoms with Gasteiger partial charge >= 0.3 is 0 Å². The number of benzene rings is 2. The fourth-order valence-electron chi connectivity index (χ4n) is 4.15. The lowest BCUT2D eigenvalue weighted by Gasteiger charge is -2.34. The van der Waals surface area contributed by atoms with Gasteiger partial charge in [-0.15, -0.1) is 0 Å². The molecule has 166 valence electrons. The van der Waals surface area contributed by atoms with Crippen LogP contribution in [0.2, 0.25) is 0 Å². The number of carbonyl (C=O) groups is 1. The molecular formula is C25H32FN3OS. The highest BCUT2D eigenvalue weighted by Crippen LogP contribution is 2.29. The fraction of sp³-hybridized carbons (Fsp3) is 0.440. The molecule has 4 nitrogen and oxygen atoms in total. The summed E-state index contributed by atoms with van der Waals surface area (Å²) in [6.45, 7) is 5.42. The van der Waals surface area contributed by atoms with Gasteiger partial charge in [-0.1, -0.05) is 75.2 Å². The zero-order valence-electron chi connectivity index (χ0n) is 18.3. The first-order valence-corrected chi connectivity index (χ1v) is 11.4. The molecule has 0 saturated heterocycles. The quantitative estimate of drug-likeness (QED) is 0.614. The number of nitrogens with zero attached hydrogens (tertiary/aromatic N) is 1. The van der Waals surface area contributed by atoms with Crippen LogP contribution in [0.4, 0.5) is 4.39 Å². The van der Waals surface area contributed by atoms with Crippen LogP contribution < -0.4 is 10.6 Å². The Bertz CT molecular complexity index is 876. The Morgan fingerprint density at radius 3 is 2.52 bits per heavy atom. The van der Waals surface area contributed by atoms with Crippen molar-refractivity contribution in [3.63, 3.8) is 0 Å². The van der Waals surface area contributed by atoms with E-state index in [0.29, 0.717) is 35.6 Å². The van der Waals surface area contributed by atoms with Crippen molar-refractivity contribution in [1.29, 1.82) is 0 Å². The third-order valence-corrected chi connectivity index (χ3v) is 6.68. The topological polar surface area (TPSA) is 44.4 Å². The molecule has 0 radical (unpaired) electrons.